The largest absolute Gasteiger partial charge is 0.408 e. The van der Waals surface area contributed by atoms with Crippen LogP contribution in [0.25, 0.3) is 33.3 Å². The van der Waals surface area contributed by atoms with Crippen molar-refractivity contribution in [1.82, 2.24) is 29.9 Å². The van der Waals surface area contributed by atoms with Crippen molar-refractivity contribution in [2.45, 2.75) is 25.8 Å². The third-order valence-corrected chi connectivity index (χ3v) is 6.52. The van der Waals surface area contributed by atoms with Gasteiger partial charge in [0.2, 0.25) is 0 Å². The van der Waals surface area contributed by atoms with Crippen LogP contribution >= 0.6 is 0 Å². The van der Waals surface area contributed by atoms with E-state index < -0.39 is 18.3 Å². The van der Waals surface area contributed by atoms with Gasteiger partial charge in [0.05, 0.1) is 23.0 Å². The Hall–Kier alpha value is -5.00. The van der Waals surface area contributed by atoms with E-state index in [0.29, 0.717) is 45.5 Å². The highest BCUT2D eigenvalue weighted by Gasteiger charge is 2.30. The van der Waals surface area contributed by atoms with E-state index in [1.165, 1.54) is 12.3 Å². The molecular weight excluding hydrogens is 511 g/mol. The van der Waals surface area contributed by atoms with E-state index in [9.17, 15) is 22.8 Å². The maximum atomic E-state index is 13.3. The summed E-state index contributed by atoms with van der Waals surface area (Å²) in [7, 11) is 0. The van der Waals surface area contributed by atoms with Gasteiger partial charge in [-0.1, -0.05) is 24.3 Å². The summed E-state index contributed by atoms with van der Waals surface area (Å²) in [5, 5.41) is 14.2. The first-order valence-corrected chi connectivity index (χ1v) is 11.9. The number of aromatic amines is 1. The number of halogens is 3. The van der Waals surface area contributed by atoms with Gasteiger partial charge in [-0.25, -0.2) is 9.48 Å². The minimum atomic E-state index is -4.65. The number of H-pyrrole nitrogens is 1. The maximum absolute atomic E-state index is 13.3. The fourth-order valence-corrected chi connectivity index (χ4v) is 4.65. The van der Waals surface area contributed by atoms with E-state index in [0.717, 1.165) is 11.1 Å². The van der Waals surface area contributed by atoms with Crippen LogP contribution in [-0.2, 0) is 19.6 Å². The zero-order chi connectivity index (χ0) is 27.1. The quantitative estimate of drug-likeness (QED) is 0.341. The summed E-state index contributed by atoms with van der Waals surface area (Å²) in [6.45, 7) is -0.613. The molecule has 5 aromatic rings. The number of fused-ring (bicyclic) bond motifs is 2. The molecule has 0 saturated heterocycles. The molecule has 1 aliphatic rings. The lowest BCUT2D eigenvalue weighted by molar-refractivity contribution is -0.143. The summed E-state index contributed by atoms with van der Waals surface area (Å²) in [5.41, 5.74) is 3.47. The Morgan fingerprint density at radius 2 is 1.79 bits per heavy atom. The Morgan fingerprint density at radius 3 is 2.56 bits per heavy atom. The Labute approximate surface area is 218 Å². The van der Waals surface area contributed by atoms with Crippen LogP contribution < -0.4 is 10.9 Å². The maximum Gasteiger partial charge on any atom is 0.408 e. The zero-order valence-electron chi connectivity index (χ0n) is 20.2. The van der Waals surface area contributed by atoms with Gasteiger partial charge in [-0.05, 0) is 47.0 Å². The second-order valence-corrected chi connectivity index (χ2v) is 9.17. The van der Waals surface area contributed by atoms with Crippen molar-refractivity contribution in [2.75, 3.05) is 5.32 Å². The molecule has 2 amide bonds. The Bertz CT molecular complexity index is 1740. The number of carbonyl (C=O) groups is 1. The highest BCUT2D eigenvalue weighted by atomic mass is 19.4. The molecule has 0 unspecified atom stereocenters. The van der Waals surface area contributed by atoms with E-state index in [4.69, 9.17) is 0 Å². The first-order chi connectivity index (χ1) is 18.7. The molecule has 0 fully saturated rings. The number of urea groups is 1. The third kappa shape index (κ3) is 4.83. The highest BCUT2D eigenvalue weighted by Crippen LogP contribution is 2.29. The number of nitrogens with zero attached hydrogens (tertiary/aromatic N) is 5. The van der Waals surface area contributed by atoms with Gasteiger partial charge in [0.15, 0.2) is 0 Å². The van der Waals surface area contributed by atoms with Gasteiger partial charge < -0.3 is 10.2 Å². The van der Waals surface area contributed by atoms with E-state index in [1.54, 1.807) is 59.8 Å². The summed E-state index contributed by atoms with van der Waals surface area (Å²) in [4.78, 5) is 31.6. The van der Waals surface area contributed by atoms with Crippen LogP contribution in [0.3, 0.4) is 0 Å². The van der Waals surface area contributed by atoms with Crippen molar-refractivity contribution in [2.24, 2.45) is 0 Å². The molecule has 0 bridgehead atoms. The Kier molecular flexibility index (Phi) is 5.86. The van der Waals surface area contributed by atoms with Crippen LogP contribution in [0.2, 0.25) is 0 Å². The molecule has 6 rings (SSSR count). The fourth-order valence-electron chi connectivity index (χ4n) is 4.65. The Balaban J connectivity index is 1.31. The first-order valence-electron chi connectivity index (χ1n) is 11.9. The molecule has 0 saturated carbocycles. The molecule has 4 heterocycles. The number of pyridine rings is 1. The number of alkyl halides is 3. The summed E-state index contributed by atoms with van der Waals surface area (Å²) in [6, 6.07) is 14.7. The van der Waals surface area contributed by atoms with Gasteiger partial charge in [0.1, 0.15) is 6.54 Å². The topological polar surface area (TPSA) is 109 Å². The minimum Gasteiger partial charge on any atom is -0.316 e. The molecule has 3 aromatic heterocycles. The number of amides is 2. The monoisotopic (exact) mass is 531 g/mol. The fraction of sp³-hybridized carbons (Fsp3) is 0.148. The van der Waals surface area contributed by atoms with Gasteiger partial charge in [-0.2, -0.15) is 23.4 Å². The molecule has 39 heavy (non-hydrogen) atoms. The predicted molar refractivity (Wildman–Crippen MR) is 138 cm³/mol. The van der Waals surface area contributed by atoms with Crippen LogP contribution in [-0.4, -0.2) is 42.1 Å². The molecule has 0 spiro atoms. The lowest BCUT2D eigenvalue weighted by atomic mass is 10.0. The first kappa shape index (κ1) is 24.3. The predicted octanol–water partition coefficient (Wildman–Crippen LogP) is 4.96. The van der Waals surface area contributed by atoms with E-state index >= 15 is 0 Å². The Morgan fingerprint density at radius 1 is 1.00 bits per heavy atom. The number of aromatic nitrogens is 5. The van der Waals surface area contributed by atoms with Crippen LogP contribution in [0.5, 0.6) is 0 Å². The number of rotatable bonds is 4. The normalized spacial score (nSPS) is 13.1. The number of benzene rings is 2. The molecule has 196 valence electrons. The molecular formula is C27H20F3N7O2. The summed E-state index contributed by atoms with van der Waals surface area (Å²) < 4.78 is 40.4. The number of anilines is 1. The molecule has 1 aliphatic heterocycles. The van der Waals surface area contributed by atoms with E-state index in [1.807, 2.05) is 6.07 Å². The van der Waals surface area contributed by atoms with Crippen molar-refractivity contribution in [3.8, 4) is 22.4 Å². The van der Waals surface area contributed by atoms with Gasteiger partial charge in [0.25, 0.3) is 5.56 Å². The van der Waals surface area contributed by atoms with Crippen LogP contribution in [0.15, 0.2) is 78.0 Å². The average Bonchev–Trinajstić information content (AvgIpc) is 3.57. The number of nitrogens with one attached hydrogen (secondary N) is 2. The lowest BCUT2D eigenvalue weighted by Gasteiger charge is -2.17. The molecule has 2 N–H and O–H groups in total. The van der Waals surface area contributed by atoms with Gasteiger partial charge in [-0.15, -0.1) is 0 Å². The smallest absolute Gasteiger partial charge is 0.316 e. The third-order valence-electron chi connectivity index (χ3n) is 6.52. The summed E-state index contributed by atoms with van der Waals surface area (Å²) >= 11 is 0. The molecule has 0 radical (unpaired) electrons. The molecule has 0 atom stereocenters. The molecule has 12 heteroatoms. The molecule has 0 aliphatic carbocycles. The zero-order valence-corrected chi connectivity index (χ0v) is 20.2. The van der Waals surface area contributed by atoms with E-state index in [-0.39, 0.29) is 17.3 Å². The number of hydrogen-bond donors (Lipinski definition) is 2. The van der Waals surface area contributed by atoms with Crippen molar-refractivity contribution >= 4 is 22.6 Å². The minimum absolute atomic E-state index is 0.0664. The SMILES string of the molecule is O=C(Nc1ccc(-c2cc(-c3cccc4[nH]ncc34)c(=O)n(CC(F)(F)F)n2)cc1)N1Cc2ccncc2C1. The van der Waals surface area contributed by atoms with Crippen molar-refractivity contribution in [3.63, 3.8) is 0 Å². The van der Waals surface area contributed by atoms with Crippen molar-refractivity contribution < 1.29 is 18.0 Å². The standard InChI is InChI=1S/C27H20F3N7O2/c28-27(29,30)15-37-25(38)21(20-2-1-3-23-22(20)12-32-34-23)10-24(35-37)16-4-6-19(7-5-16)33-26(39)36-13-17-8-9-31-11-18(17)14-36/h1-12H,13-15H2,(H,32,34)(H,33,39). The van der Waals surface area contributed by atoms with Crippen LogP contribution in [0, 0.1) is 0 Å². The van der Waals surface area contributed by atoms with Crippen molar-refractivity contribution in [1.29, 1.82) is 0 Å². The lowest BCUT2D eigenvalue weighted by Crippen LogP contribution is -2.31. The van der Waals surface area contributed by atoms with Gasteiger partial charge in [-0.3, -0.25) is 14.9 Å². The molecule has 9 nitrogen and oxygen atoms in total. The summed E-state index contributed by atoms with van der Waals surface area (Å²) in [6.07, 6.45) is 0.300. The number of hydrogen-bond acceptors (Lipinski definition) is 5. The second kappa shape index (κ2) is 9.39. The van der Waals surface area contributed by atoms with Crippen molar-refractivity contribution in [3.05, 3.63) is 94.7 Å². The van der Waals surface area contributed by atoms with Gasteiger partial charge in [0, 0.05) is 42.1 Å². The highest BCUT2D eigenvalue weighted by molar-refractivity contribution is 5.94. The number of carbonyl (C=O) groups excluding carboxylic acids is 1. The summed E-state index contributed by atoms with van der Waals surface area (Å²) in [5.74, 6) is 0. The average molecular weight is 531 g/mol. The molecule has 2 aromatic carbocycles. The second-order valence-electron chi connectivity index (χ2n) is 9.17. The van der Waals surface area contributed by atoms with Crippen LogP contribution in [0.1, 0.15) is 11.1 Å². The van der Waals surface area contributed by atoms with Crippen LogP contribution in [0.4, 0.5) is 23.7 Å². The van der Waals surface area contributed by atoms with Gasteiger partial charge >= 0.3 is 12.2 Å². The van der Waals surface area contributed by atoms with E-state index in [2.05, 4.69) is 25.6 Å².